The summed E-state index contributed by atoms with van der Waals surface area (Å²) in [7, 11) is 0. The zero-order chi connectivity index (χ0) is 14.8. The van der Waals surface area contributed by atoms with Crippen LogP contribution in [0.4, 0.5) is 11.5 Å². The van der Waals surface area contributed by atoms with Crippen molar-refractivity contribution in [3.8, 4) is 0 Å². The minimum atomic E-state index is -0.177. The molecule has 0 unspecified atom stereocenters. The first-order chi connectivity index (χ1) is 10.1. The number of nitrogens with one attached hydrogen (secondary N) is 1. The van der Waals surface area contributed by atoms with E-state index in [0.717, 1.165) is 16.3 Å². The highest BCUT2D eigenvalue weighted by Crippen LogP contribution is 2.20. The van der Waals surface area contributed by atoms with Gasteiger partial charge in [-0.05, 0) is 35.4 Å². The molecule has 0 aliphatic heterocycles. The summed E-state index contributed by atoms with van der Waals surface area (Å²) in [6.07, 6.45) is 1.55. The number of carbonyl (C=O) groups is 1. The van der Waals surface area contributed by atoms with E-state index >= 15 is 0 Å². The van der Waals surface area contributed by atoms with E-state index in [1.807, 2.05) is 49.4 Å². The molecule has 0 atom stereocenters. The molecule has 3 rings (SSSR count). The number of fused-ring (bicyclic) bond motifs is 1. The van der Waals surface area contributed by atoms with Crippen LogP contribution in [0.5, 0.6) is 0 Å². The Morgan fingerprint density at radius 1 is 1.14 bits per heavy atom. The molecule has 0 aliphatic carbocycles. The summed E-state index contributed by atoms with van der Waals surface area (Å²) in [5.41, 5.74) is 7.86. The van der Waals surface area contributed by atoms with Crippen molar-refractivity contribution in [2.24, 2.45) is 0 Å². The fraction of sp³-hybridized carbons (Fsp3) is 0.0588. The molecule has 1 heterocycles. The molecule has 21 heavy (non-hydrogen) atoms. The van der Waals surface area contributed by atoms with E-state index in [1.54, 1.807) is 12.3 Å². The van der Waals surface area contributed by atoms with E-state index in [9.17, 15) is 4.79 Å². The standard InChI is InChI=1S/C17H15N3O/c1-11-9-16(19-10-15(11)18)20-17(21)14-8-4-6-12-5-2-3-7-13(12)14/h2-10H,18H2,1H3,(H,19,20,21). The fourth-order valence-electron chi connectivity index (χ4n) is 2.24. The van der Waals surface area contributed by atoms with Crippen LogP contribution in [0, 0.1) is 6.92 Å². The summed E-state index contributed by atoms with van der Waals surface area (Å²) < 4.78 is 0. The van der Waals surface area contributed by atoms with E-state index in [4.69, 9.17) is 5.73 Å². The predicted octanol–water partition coefficient (Wildman–Crippen LogP) is 3.38. The van der Waals surface area contributed by atoms with E-state index in [1.165, 1.54) is 0 Å². The normalized spacial score (nSPS) is 10.5. The van der Waals surface area contributed by atoms with Crippen molar-refractivity contribution in [3.05, 3.63) is 65.9 Å². The van der Waals surface area contributed by atoms with Gasteiger partial charge in [0, 0.05) is 5.56 Å². The molecule has 0 bridgehead atoms. The second kappa shape index (κ2) is 5.25. The maximum Gasteiger partial charge on any atom is 0.257 e. The molecule has 0 saturated heterocycles. The lowest BCUT2D eigenvalue weighted by Crippen LogP contribution is -2.13. The minimum absolute atomic E-state index is 0.177. The summed E-state index contributed by atoms with van der Waals surface area (Å²) in [4.78, 5) is 16.6. The van der Waals surface area contributed by atoms with Crippen molar-refractivity contribution < 1.29 is 4.79 Å². The Labute approximate surface area is 122 Å². The van der Waals surface area contributed by atoms with Crippen LogP contribution >= 0.6 is 0 Å². The van der Waals surface area contributed by atoms with Gasteiger partial charge in [0.2, 0.25) is 0 Å². The van der Waals surface area contributed by atoms with Crippen molar-refractivity contribution in [1.29, 1.82) is 0 Å². The molecule has 1 aromatic heterocycles. The van der Waals surface area contributed by atoms with Crippen LogP contribution in [-0.4, -0.2) is 10.9 Å². The molecule has 1 amide bonds. The monoisotopic (exact) mass is 277 g/mol. The smallest absolute Gasteiger partial charge is 0.257 e. The van der Waals surface area contributed by atoms with Crippen LogP contribution in [0.1, 0.15) is 15.9 Å². The molecule has 0 fully saturated rings. The maximum atomic E-state index is 12.4. The number of nitrogens with two attached hydrogens (primary N) is 1. The van der Waals surface area contributed by atoms with E-state index in [0.29, 0.717) is 17.1 Å². The Balaban J connectivity index is 1.95. The fourth-order valence-corrected chi connectivity index (χ4v) is 2.24. The molecule has 2 aromatic carbocycles. The number of aromatic nitrogens is 1. The average Bonchev–Trinajstić information content (AvgIpc) is 2.50. The van der Waals surface area contributed by atoms with Crippen molar-refractivity contribution in [3.63, 3.8) is 0 Å². The van der Waals surface area contributed by atoms with Gasteiger partial charge in [-0.2, -0.15) is 0 Å². The Bertz CT molecular complexity index is 822. The lowest BCUT2D eigenvalue weighted by molar-refractivity contribution is 0.102. The topological polar surface area (TPSA) is 68.0 Å². The third-order valence-electron chi connectivity index (χ3n) is 3.43. The molecule has 4 heteroatoms. The van der Waals surface area contributed by atoms with Crippen LogP contribution in [0.15, 0.2) is 54.7 Å². The summed E-state index contributed by atoms with van der Waals surface area (Å²) in [6.45, 7) is 1.88. The van der Waals surface area contributed by atoms with Crippen molar-refractivity contribution in [1.82, 2.24) is 4.98 Å². The first kappa shape index (κ1) is 13.1. The number of hydrogen-bond donors (Lipinski definition) is 2. The van der Waals surface area contributed by atoms with Gasteiger partial charge in [0.15, 0.2) is 0 Å². The average molecular weight is 277 g/mol. The molecular weight excluding hydrogens is 262 g/mol. The van der Waals surface area contributed by atoms with Gasteiger partial charge in [-0.15, -0.1) is 0 Å². The highest BCUT2D eigenvalue weighted by Gasteiger charge is 2.10. The molecule has 0 aliphatic rings. The number of nitrogens with zero attached hydrogens (tertiary/aromatic N) is 1. The van der Waals surface area contributed by atoms with Crippen LogP contribution in [0.3, 0.4) is 0 Å². The number of carbonyl (C=O) groups excluding carboxylic acids is 1. The quantitative estimate of drug-likeness (QED) is 0.754. The number of amides is 1. The first-order valence-corrected chi connectivity index (χ1v) is 6.66. The van der Waals surface area contributed by atoms with Gasteiger partial charge in [-0.3, -0.25) is 4.79 Å². The van der Waals surface area contributed by atoms with Gasteiger partial charge in [0.25, 0.3) is 5.91 Å². The molecular formula is C17H15N3O. The van der Waals surface area contributed by atoms with Crippen LogP contribution < -0.4 is 11.1 Å². The molecule has 4 nitrogen and oxygen atoms in total. The summed E-state index contributed by atoms with van der Waals surface area (Å²) >= 11 is 0. The molecule has 0 radical (unpaired) electrons. The number of aryl methyl sites for hydroxylation is 1. The Morgan fingerprint density at radius 2 is 1.90 bits per heavy atom. The van der Waals surface area contributed by atoms with Gasteiger partial charge in [-0.1, -0.05) is 36.4 Å². The number of hydrogen-bond acceptors (Lipinski definition) is 3. The van der Waals surface area contributed by atoms with Gasteiger partial charge in [0.1, 0.15) is 5.82 Å². The molecule has 104 valence electrons. The highest BCUT2D eigenvalue weighted by atomic mass is 16.1. The number of rotatable bonds is 2. The molecule has 3 N–H and O–H groups in total. The van der Waals surface area contributed by atoms with Crippen molar-refractivity contribution in [2.75, 3.05) is 11.1 Å². The van der Waals surface area contributed by atoms with Gasteiger partial charge < -0.3 is 11.1 Å². The second-order valence-electron chi connectivity index (χ2n) is 4.91. The van der Waals surface area contributed by atoms with Crippen molar-refractivity contribution in [2.45, 2.75) is 6.92 Å². The van der Waals surface area contributed by atoms with Crippen molar-refractivity contribution >= 4 is 28.2 Å². The van der Waals surface area contributed by atoms with Gasteiger partial charge in [-0.25, -0.2) is 4.98 Å². The number of pyridine rings is 1. The van der Waals surface area contributed by atoms with Crippen LogP contribution in [0.25, 0.3) is 10.8 Å². The molecule has 0 saturated carbocycles. The van der Waals surface area contributed by atoms with Gasteiger partial charge >= 0.3 is 0 Å². The highest BCUT2D eigenvalue weighted by molar-refractivity contribution is 6.12. The number of anilines is 2. The largest absolute Gasteiger partial charge is 0.397 e. The summed E-state index contributed by atoms with van der Waals surface area (Å²) in [5.74, 6) is 0.322. The maximum absolute atomic E-state index is 12.4. The zero-order valence-corrected chi connectivity index (χ0v) is 11.6. The lowest BCUT2D eigenvalue weighted by atomic mass is 10.0. The molecule has 3 aromatic rings. The zero-order valence-electron chi connectivity index (χ0n) is 11.6. The molecule has 0 spiro atoms. The number of nitrogen functional groups attached to an aromatic ring is 1. The number of benzene rings is 2. The Hall–Kier alpha value is -2.88. The third-order valence-corrected chi connectivity index (χ3v) is 3.43. The van der Waals surface area contributed by atoms with Crippen LogP contribution in [0.2, 0.25) is 0 Å². The first-order valence-electron chi connectivity index (χ1n) is 6.66. The van der Waals surface area contributed by atoms with E-state index < -0.39 is 0 Å². The Kier molecular flexibility index (Phi) is 3.28. The van der Waals surface area contributed by atoms with Crippen LogP contribution in [-0.2, 0) is 0 Å². The Morgan fingerprint density at radius 3 is 2.71 bits per heavy atom. The van der Waals surface area contributed by atoms with E-state index in [2.05, 4.69) is 10.3 Å². The lowest BCUT2D eigenvalue weighted by Gasteiger charge is -2.08. The summed E-state index contributed by atoms with van der Waals surface area (Å²) in [5, 5.41) is 4.77. The van der Waals surface area contributed by atoms with Gasteiger partial charge in [0.05, 0.1) is 11.9 Å². The minimum Gasteiger partial charge on any atom is -0.397 e. The predicted molar refractivity (Wildman–Crippen MR) is 85.3 cm³/mol. The van der Waals surface area contributed by atoms with E-state index in [-0.39, 0.29) is 5.91 Å². The summed E-state index contributed by atoms with van der Waals surface area (Å²) in [6, 6.07) is 15.2. The third kappa shape index (κ3) is 2.56. The second-order valence-corrected chi connectivity index (χ2v) is 4.91. The SMILES string of the molecule is Cc1cc(NC(=O)c2cccc3ccccc23)ncc1N.